The highest BCUT2D eigenvalue weighted by molar-refractivity contribution is 7.89. The minimum Gasteiger partial charge on any atom is -0.377 e. The first-order chi connectivity index (χ1) is 11.9. The third-order valence-corrected chi connectivity index (χ3v) is 5.51. The Kier molecular flexibility index (Phi) is 9.52. The number of rotatable bonds is 9. The number of ether oxygens (including phenoxy) is 1. The van der Waals surface area contributed by atoms with E-state index in [9.17, 15) is 13.2 Å². The topological polar surface area (TPSA) is 96.5 Å². The van der Waals surface area contributed by atoms with Gasteiger partial charge in [0.05, 0.1) is 11.0 Å². The molecule has 0 saturated carbocycles. The number of hydrogen-bond donors (Lipinski definition) is 3. The number of hydrogen-bond acceptors (Lipinski definition) is 5. The molecule has 1 aliphatic rings. The first-order valence-electron chi connectivity index (χ1n) is 8.65. The van der Waals surface area contributed by atoms with Gasteiger partial charge >= 0.3 is 0 Å². The van der Waals surface area contributed by atoms with Gasteiger partial charge in [0, 0.05) is 31.3 Å². The van der Waals surface area contributed by atoms with E-state index in [0.29, 0.717) is 18.7 Å². The number of carbonyl (C=O) groups is 1. The van der Waals surface area contributed by atoms with Crippen LogP contribution in [0.4, 0.5) is 0 Å². The zero-order valence-electron chi connectivity index (χ0n) is 15.2. The summed E-state index contributed by atoms with van der Waals surface area (Å²) in [6.45, 7) is 6.29. The number of benzene rings is 1. The van der Waals surface area contributed by atoms with E-state index in [2.05, 4.69) is 15.4 Å². The maximum absolute atomic E-state index is 12.3. The fraction of sp³-hybridized carbons (Fsp3) is 0.588. The number of nitrogens with one attached hydrogen (secondary N) is 3. The van der Waals surface area contributed by atoms with Crippen molar-refractivity contribution in [2.24, 2.45) is 0 Å². The number of amides is 1. The van der Waals surface area contributed by atoms with Gasteiger partial charge in [-0.15, -0.1) is 12.4 Å². The number of sulfonamides is 1. The molecular formula is C17H28ClN3O4S. The Labute approximate surface area is 161 Å². The van der Waals surface area contributed by atoms with Gasteiger partial charge in [0.15, 0.2) is 0 Å². The van der Waals surface area contributed by atoms with E-state index >= 15 is 0 Å². The molecule has 1 aliphatic heterocycles. The molecule has 3 N–H and O–H groups in total. The van der Waals surface area contributed by atoms with Gasteiger partial charge in [-0.1, -0.05) is 6.92 Å². The van der Waals surface area contributed by atoms with Crippen molar-refractivity contribution < 1.29 is 17.9 Å². The lowest BCUT2D eigenvalue weighted by Crippen LogP contribution is -2.38. The van der Waals surface area contributed by atoms with E-state index in [0.717, 1.165) is 19.4 Å². The largest absolute Gasteiger partial charge is 0.377 e. The zero-order valence-corrected chi connectivity index (χ0v) is 16.8. The van der Waals surface area contributed by atoms with E-state index in [-0.39, 0.29) is 41.9 Å². The van der Waals surface area contributed by atoms with Gasteiger partial charge in [-0.25, -0.2) is 13.1 Å². The van der Waals surface area contributed by atoms with E-state index < -0.39 is 10.0 Å². The molecule has 9 heteroatoms. The van der Waals surface area contributed by atoms with Crippen LogP contribution in [0, 0.1) is 0 Å². The minimum absolute atomic E-state index is 0. The van der Waals surface area contributed by atoms with Crippen LogP contribution < -0.4 is 15.4 Å². The summed E-state index contributed by atoms with van der Waals surface area (Å²) in [6, 6.07) is 6.11. The summed E-state index contributed by atoms with van der Waals surface area (Å²) in [7, 11) is -3.59. The molecule has 1 aromatic rings. The first-order valence-corrected chi connectivity index (χ1v) is 10.1. The second-order valence-electron chi connectivity index (χ2n) is 6.18. The third-order valence-electron chi connectivity index (χ3n) is 4.07. The summed E-state index contributed by atoms with van der Waals surface area (Å²) >= 11 is 0. The Morgan fingerprint density at radius 3 is 2.58 bits per heavy atom. The van der Waals surface area contributed by atoms with Crippen LogP contribution in [-0.4, -0.2) is 52.7 Å². The molecule has 1 saturated heterocycles. The lowest BCUT2D eigenvalue weighted by Gasteiger charge is -2.14. The molecule has 1 heterocycles. The predicted octanol–water partition coefficient (Wildman–Crippen LogP) is 1.29. The van der Waals surface area contributed by atoms with Crippen LogP contribution in [0.2, 0.25) is 0 Å². The molecule has 148 valence electrons. The fourth-order valence-electron chi connectivity index (χ4n) is 2.65. The molecule has 1 fully saturated rings. The first kappa shape index (κ1) is 22.9. The molecule has 1 amide bonds. The Hall–Kier alpha value is -1.19. The van der Waals surface area contributed by atoms with Crippen molar-refractivity contribution in [2.75, 3.05) is 26.2 Å². The standard InChI is InChI=1S/C17H27N3O4S.ClH/c1-3-18-13(2)11-19-17(21)14-6-8-16(9-7-14)25(22,23)20-12-15-5-4-10-24-15;/h6-9,13,15,18,20H,3-5,10-12H2,1-2H3,(H,19,21);1H/t13-,15?;/m1./s1. The van der Waals surface area contributed by atoms with Crippen molar-refractivity contribution >= 4 is 28.3 Å². The van der Waals surface area contributed by atoms with Crippen molar-refractivity contribution in [2.45, 2.75) is 43.7 Å². The Bertz CT molecular complexity index is 661. The summed E-state index contributed by atoms with van der Waals surface area (Å²) in [5, 5.41) is 6.03. The molecule has 0 aromatic heterocycles. The van der Waals surface area contributed by atoms with Gasteiger partial charge in [0.25, 0.3) is 5.91 Å². The fourth-order valence-corrected chi connectivity index (χ4v) is 3.71. The van der Waals surface area contributed by atoms with Crippen LogP contribution in [-0.2, 0) is 14.8 Å². The van der Waals surface area contributed by atoms with Crippen molar-refractivity contribution in [1.82, 2.24) is 15.4 Å². The molecule has 0 radical (unpaired) electrons. The minimum atomic E-state index is -3.59. The lowest BCUT2D eigenvalue weighted by atomic mass is 10.2. The van der Waals surface area contributed by atoms with Crippen molar-refractivity contribution in [3.8, 4) is 0 Å². The molecular weight excluding hydrogens is 378 g/mol. The SMILES string of the molecule is CCN[C@H](C)CNC(=O)c1ccc(S(=O)(=O)NCC2CCCO2)cc1.Cl. The van der Waals surface area contributed by atoms with Crippen molar-refractivity contribution in [3.63, 3.8) is 0 Å². The molecule has 1 aromatic carbocycles. The second-order valence-corrected chi connectivity index (χ2v) is 7.95. The average molecular weight is 406 g/mol. The third kappa shape index (κ3) is 6.85. The Morgan fingerprint density at radius 2 is 2.00 bits per heavy atom. The van der Waals surface area contributed by atoms with Crippen molar-refractivity contribution in [1.29, 1.82) is 0 Å². The van der Waals surface area contributed by atoms with E-state index in [1.54, 1.807) is 0 Å². The quantitative estimate of drug-likeness (QED) is 0.575. The smallest absolute Gasteiger partial charge is 0.251 e. The zero-order chi connectivity index (χ0) is 18.3. The molecule has 7 nitrogen and oxygen atoms in total. The van der Waals surface area contributed by atoms with Crippen LogP contribution in [0.5, 0.6) is 0 Å². The molecule has 1 unspecified atom stereocenters. The van der Waals surface area contributed by atoms with Crippen molar-refractivity contribution in [3.05, 3.63) is 29.8 Å². The summed E-state index contributed by atoms with van der Waals surface area (Å²) < 4.78 is 32.5. The average Bonchev–Trinajstić information content (AvgIpc) is 3.12. The van der Waals surface area contributed by atoms with Crippen LogP contribution in [0.3, 0.4) is 0 Å². The monoisotopic (exact) mass is 405 g/mol. The van der Waals surface area contributed by atoms with Gasteiger partial charge in [-0.05, 0) is 50.6 Å². The van der Waals surface area contributed by atoms with Crippen LogP contribution >= 0.6 is 12.4 Å². The second kappa shape index (κ2) is 10.8. The molecule has 0 bridgehead atoms. The normalized spacial score (nSPS) is 18.2. The summed E-state index contributed by atoms with van der Waals surface area (Å²) in [5.74, 6) is -0.221. The van der Waals surface area contributed by atoms with Crippen LogP contribution in [0.15, 0.2) is 29.2 Å². The highest BCUT2D eigenvalue weighted by atomic mass is 35.5. The number of halogens is 1. The molecule has 26 heavy (non-hydrogen) atoms. The number of likely N-dealkylation sites (N-methyl/N-ethyl adjacent to an activating group) is 1. The summed E-state index contributed by atoms with van der Waals surface area (Å²) in [6.07, 6.45) is 1.77. The van der Waals surface area contributed by atoms with Gasteiger partial charge in [0.2, 0.25) is 10.0 Å². The number of carbonyl (C=O) groups excluding carboxylic acids is 1. The van der Waals surface area contributed by atoms with Gasteiger partial charge in [0.1, 0.15) is 0 Å². The lowest BCUT2D eigenvalue weighted by molar-refractivity contribution is 0.0950. The Morgan fingerprint density at radius 1 is 1.31 bits per heavy atom. The van der Waals surface area contributed by atoms with Crippen LogP contribution in [0.1, 0.15) is 37.0 Å². The summed E-state index contributed by atoms with van der Waals surface area (Å²) in [5.41, 5.74) is 0.432. The van der Waals surface area contributed by atoms with E-state index in [4.69, 9.17) is 4.74 Å². The van der Waals surface area contributed by atoms with Gasteiger partial charge in [-0.2, -0.15) is 0 Å². The molecule has 2 atom stereocenters. The summed E-state index contributed by atoms with van der Waals surface area (Å²) in [4.78, 5) is 12.2. The van der Waals surface area contributed by atoms with E-state index in [1.165, 1.54) is 24.3 Å². The highest BCUT2D eigenvalue weighted by Gasteiger charge is 2.20. The predicted molar refractivity (Wildman–Crippen MR) is 103 cm³/mol. The van der Waals surface area contributed by atoms with Gasteiger partial charge < -0.3 is 15.4 Å². The molecule has 0 aliphatic carbocycles. The van der Waals surface area contributed by atoms with Gasteiger partial charge in [-0.3, -0.25) is 4.79 Å². The highest BCUT2D eigenvalue weighted by Crippen LogP contribution is 2.14. The molecule has 2 rings (SSSR count). The maximum atomic E-state index is 12.3. The Balaban J connectivity index is 0.00000338. The maximum Gasteiger partial charge on any atom is 0.251 e. The van der Waals surface area contributed by atoms with E-state index in [1.807, 2.05) is 13.8 Å². The van der Waals surface area contributed by atoms with Crippen LogP contribution in [0.25, 0.3) is 0 Å². The molecule has 0 spiro atoms.